The molecule has 0 saturated heterocycles. The summed E-state index contributed by atoms with van der Waals surface area (Å²) in [6.07, 6.45) is 1.83. The summed E-state index contributed by atoms with van der Waals surface area (Å²) in [5, 5.41) is 2.95. The average Bonchev–Trinajstić information content (AvgIpc) is 2.51. The van der Waals surface area contributed by atoms with Crippen LogP contribution in [0.1, 0.15) is 22.3 Å². The quantitative estimate of drug-likeness (QED) is 0.599. The van der Waals surface area contributed by atoms with Crippen molar-refractivity contribution in [3.05, 3.63) is 63.2 Å². The maximum Gasteiger partial charge on any atom is 0.251 e. The minimum absolute atomic E-state index is 0.0147. The molecule has 2 aromatic rings. The molecule has 0 saturated carbocycles. The smallest absolute Gasteiger partial charge is 0.251 e. The Bertz CT molecular complexity index is 613. The zero-order chi connectivity index (χ0) is 15.1. The number of aryl methyl sites for hydroxylation is 1. The molecule has 1 amide bonds. The van der Waals surface area contributed by atoms with E-state index in [1.807, 2.05) is 42.5 Å². The van der Waals surface area contributed by atoms with Crippen molar-refractivity contribution in [3.63, 3.8) is 0 Å². The predicted octanol–water partition coefficient (Wildman–Crippen LogP) is 3.66. The summed E-state index contributed by atoms with van der Waals surface area (Å²) in [6.45, 7) is 0.668. The van der Waals surface area contributed by atoms with Crippen molar-refractivity contribution >= 4 is 28.5 Å². The van der Waals surface area contributed by atoms with Crippen LogP contribution in [-0.4, -0.2) is 19.6 Å². The molecule has 0 aliphatic carbocycles. The molecule has 2 aromatic carbocycles. The highest BCUT2D eigenvalue weighted by Crippen LogP contribution is 2.13. The normalized spacial score (nSPS) is 10.2. The van der Waals surface area contributed by atoms with Crippen molar-refractivity contribution in [2.45, 2.75) is 12.8 Å². The number of carbonyl (C=O) groups excluding carboxylic acids is 1. The number of carbonyl (C=O) groups is 1. The maximum absolute atomic E-state index is 12.0. The third-order valence-corrected chi connectivity index (χ3v) is 3.82. The molecule has 0 unspecified atom stereocenters. The molecule has 110 valence electrons. The number of nitrogens with one attached hydrogen (secondary N) is 1. The Morgan fingerprint density at radius 2 is 2.00 bits per heavy atom. The first-order valence-electron chi connectivity index (χ1n) is 6.86. The van der Waals surface area contributed by atoms with E-state index in [0.717, 1.165) is 22.2 Å². The van der Waals surface area contributed by atoms with Crippen molar-refractivity contribution in [3.8, 4) is 5.75 Å². The van der Waals surface area contributed by atoms with E-state index in [1.165, 1.54) is 5.56 Å². The molecule has 1 N–H and O–H groups in total. The van der Waals surface area contributed by atoms with Crippen LogP contribution < -0.4 is 10.1 Å². The van der Waals surface area contributed by atoms with Crippen molar-refractivity contribution in [2.75, 3.05) is 13.7 Å². The molecule has 4 heteroatoms. The van der Waals surface area contributed by atoms with Crippen LogP contribution in [0.4, 0.5) is 0 Å². The van der Waals surface area contributed by atoms with Gasteiger partial charge in [0.1, 0.15) is 5.75 Å². The van der Waals surface area contributed by atoms with Gasteiger partial charge in [0.05, 0.1) is 7.11 Å². The van der Waals surface area contributed by atoms with Crippen LogP contribution in [0.2, 0.25) is 0 Å². The van der Waals surface area contributed by atoms with E-state index in [1.54, 1.807) is 7.11 Å². The number of rotatable bonds is 6. The second kappa shape index (κ2) is 8.02. The zero-order valence-corrected chi connectivity index (χ0v) is 14.1. The Balaban J connectivity index is 1.78. The van der Waals surface area contributed by atoms with Gasteiger partial charge in [-0.3, -0.25) is 4.79 Å². The topological polar surface area (TPSA) is 38.3 Å². The van der Waals surface area contributed by atoms with Crippen molar-refractivity contribution in [1.29, 1.82) is 0 Å². The Morgan fingerprint density at radius 3 is 2.76 bits per heavy atom. The third-order valence-electron chi connectivity index (χ3n) is 3.15. The number of hydrogen-bond donors (Lipinski definition) is 1. The van der Waals surface area contributed by atoms with Gasteiger partial charge < -0.3 is 10.1 Å². The molecular formula is C17H18INO2. The number of ether oxygens (including phenoxy) is 1. The fraction of sp³-hybridized carbons (Fsp3) is 0.235. The minimum atomic E-state index is -0.0147. The zero-order valence-electron chi connectivity index (χ0n) is 11.9. The lowest BCUT2D eigenvalue weighted by atomic mass is 10.1. The van der Waals surface area contributed by atoms with Gasteiger partial charge in [0, 0.05) is 15.7 Å². The lowest BCUT2D eigenvalue weighted by molar-refractivity contribution is 0.0953. The molecule has 0 heterocycles. The summed E-state index contributed by atoms with van der Waals surface area (Å²) in [6, 6.07) is 15.6. The van der Waals surface area contributed by atoms with Crippen molar-refractivity contribution in [2.24, 2.45) is 0 Å². The first-order valence-corrected chi connectivity index (χ1v) is 7.93. The number of methoxy groups -OCH3 is 1. The van der Waals surface area contributed by atoms with Crippen LogP contribution in [0.5, 0.6) is 5.75 Å². The van der Waals surface area contributed by atoms with E-state index in [-0.39, 0.29) is 5.91 Å². The molecule has 2 rings (SSSR count). The molecule has 0 atom stereocenters. The Labute approximate surface area is 138 Å². The fourth-order valence-electron chi connectivity index (χ4n) is 2.05. The lowest BCUT2D eigenvalue weighted by Gasteiger charge is -2.07. The summed E-state index contributed by atoms with van der Waals surface area (Å²) < 4.78 is 6.26. The summed E-state index contributed by atoms with van der Waals surface area (Å²) in [7, 11) is 1.67. The van der Waals surface area contributed by atoms with Gasteiger partial charge in [-0.25, -0.2) is 0 Å². The first-order chi connectivity index (χ1) is 10.2. The van der Waals surface area contributed by atoms with Gasteiger partial charge in [0.15, 0.2) is 0 Å². The first kappa shape index (κ1) is 15.8. The van der Waals surface area contributed by atoms with Gasteiger partial charge >= 0.3 is 0 Å². The summed E-state index contributed by atoms with van der Waals surface area (Å²) in [5.41, 5.74) is 1.93. The number of benzene rings is 2. The van der Waals surface area contributed by atoms with Crippen LogP contribution >= 0.6 is 22.6 Å². The highest BCUT2D eigenvalue weighted by Gasteiger charge is 2.04. The molecule has 0 aromatic heterocycles. The standard InChI is InChI=1S/C17H18INO2/c1-21-16-9-2-5-13(11-16)6-4-10-19-17(20)14-7-3-8-15(18)12-14/h2-3,5,7-9,11-12H,4,6,10H2,1H3,(H,19,20). The molecule has 0 aliphatic heterocycles. The second-order valence-electron chi connectivity index (χ2n) is 4.72. The molecule has 21 heavy (non-hydrogen) atoms. The van der Waals surface area contributed by atoms with E-state index in [2.05, 4.69) is 34.0 Å². The molecule has 0 bridgehead atoms. The van der Waals surface area contributed by atoms with Crippen LogP contribution in [0.3, 0.4) is 0 Å². The molecule has 0 fully saturated rings. The Kier molecular flexibility index (Phi) is 6.04. The van der Waals surface area contributed by atoms with Crippen LogP contribution in [-0.2, 0) is 6.42 Å². The maximum atomic E-state index is 12.0. The number of hydrogen-bond acceptors (Lipinski definition) is 2. The van der Waals surface area contributed by atoms with E-state index in [0.29, 0.717) is 12.1 Å². The van der Waals surface area contributed by atoms with E-state index < -0.39 is 0 Å². The minimum Gasteiger partial charge on any atom is -0.497 e. The molecule has 0 aliphatic rings. The van der Waals surface area contributed by atoms with Gasteiger partial charge in [-0.1, -0.05) is 18.2 Å². The summed E-state index contributed by atoms with van der Waals surface area (Å²) in [4.78, 5) is 12.0. The SMILES string of the molecule is COc1cccc(CCCNC(=O)c2cccc(I)c2)c1. The van der Waals surface area contributed by atoms with Crippen molar-refractivity contribution in [1.82, 2.24) is 5.32 Å². The Hall–Kier alpha value is -1.56. The molecular weight excluding hydrogens is 377 g/mol. The van der Waals surface area contributed by atoms with Gasteiger partial charge in [0.25, 0.3) is 5.91 Å². The van der Waals surface area contributed by atoms with E-state index in [4.69, 9.17) is 4.74 Å². The second-order valence-corrected chi connectivity index (χ2v) is 5.97. The Morgan fingerprint density at radius 1 is 1.19 bits per heavy atom. The lowest BCUT2D eigenvalue weighted by Crippen LogP contribution is -2.24. The van der Waals surface area contributed by atoms with Gasteiger partial charge in [-0.05, 0) is 71.3 Å². The van der Waals surface area contributed by atoms with E-state index in [9.17, 15) is 4.79 Å². The largest absolute Gasteiger partial charge is 0.497 e. The molecule has 0 spiro atoms. The van der Waals surface area contributed by atoms with Crippen molar-refractivity contribution < 1.29 is 9.53 Å². The molecule has 0 radical (unpaired) electrons. The van der Waals surface area contributed by atoms with Crippen LogP contribution in [0.15, 0.2) is 48.5 Å². The third kappa shape index (κ3) is 5.04. The monoisotopic (exact) mass is 395 g/mol. The van der Waals surface area contributed by atoms with Crippen LogP contribution in [0.25, 0.3) is 0 Å². The van der Waals surface area contributed by atoms with E-state index >= 15 is 0 Å². The molecule has 3 nitrogen and oxygen atoms in total. The number of halogens is 1. The van der Waals surface area contributed by atoms with Gasteiger partial charge in [-0.15, -0.1) is 0 Å². The summed E-state index contributed by atoms with van der Waals surface area (Å²) >= 11 is 2.21. The summed E-state index contributed by atoms with van der Waals surface area (Å²) in [5.74, 6) is 0.856. The predicted molar refractivity (Wildman–Crippen MR) is 92.8 cm³/mol. The number of amides is 1. The average molecular weight is 395 g/mol. The van der Waals surface area contributed by atoms with Gasteiger partial charge in [0.2, 0.25) is 0 Å². The van der Waals surface area contributed by atoms with Gasteiger partial charge in [-0.2, -0.15) is 0 Å². The highest BCUT2D eigenvalue weighted by atomic mass is 127. The highest BCUT2D eigenvalue weighted by molar-refractivity contribution is 14.1. The fourth-order valence-corrected chi connectivity index (χ4v) is 2.60. The van der Waals surface area contributed by atoms with Crippen LogP contribution in [0, 0.1) is 3.57 Å².